The molecule has 1 aromatic heterocycles. The summed E-state index contributed by atoms with van der Waals surface area (Å²) in [5.41, 5.74) is 1.91. The number of likely N-dealkylation sites (N-methyl/N-ethyl adjacent to an activating group) is 1. The van der Waals surface area contributed by atoms with E-state index in [-0.39, 0.29) is 17.1 Å². The molecule has 2 heterocycles. The Labute approximate surface area is 141 Å². The lowest BCUT2D eigenvalue weighted by molar-refractivity contribution is 0.238. The third-order valence-corrected chi connectivity index (χ3v) is 4.77. The number of nitrogens with zero attached hydrogens (tertiary/aromatic N) is 1. The van der Waals surface area contributed by atoms with Crippen LogP contribution in [-0.2, 0) is 0 Å². The van der Waals surface area contributed by atoms with Crippen molar-refractivity contribution in [1.82, 2.24) is 15.2 Å². The summed E-state index contributed by atoms with van der Waals surface area (Å²) in [6.07, 6.45) is 3.83. The maximum absolute atomic E-state index is 12.5. The van der Waals surface area contributed by atoms with Crippen molar-refractivity contribution in [2.75, 3.05) is 25.0 Å². The highest BCUT2D eigenvalue weighted by atomic mass is 16.2. The summed E-state index contributed by atoms with van der Waals surface area (Å²) in [7, 11) is 0. The molecule has 0 saturated carbocycles. The van der Waals surface area contributed by atoms with E-state index >= 15 is 0 Å². The monoisotopic (exact) mass is 328 g/mol. The third-order valence-electron chi connectivity index (χ3n) is 4.77. The molecule has 0 spiro atoms. The maximum Gasteiger partial charge on any atom is 0.319 e. The summed E-state index contributed by atoms with van der Waals surface area (Å²) in [6, 6.07) is 5.60. The van der Waals surface area contributed by atoms with Crippen molar-refractivity contribution in [3.63, 3.8) is 0 Å². The van der Waals surface area contributed by atoms with E-state index < -0.39 is 0 Å². The van der Waals surface area contributed by atoms with Crippen LogP contribution in [0.1, 0.15) is 25.3 Å². The number of aryl methyl sites for hydroxylation is 1. The highest BCUT2D eigenvalue weighted by Crippen LogP contribution is 2.16. The topological polar surface area (TPSA) is 77.2 Å². The number of hydrogen-bond donors (Lipinski definition) is 3. The summed E-state index contributed by atoms with van der Waals surface area (Å²) < 4.78 is 0. The zero-order valence-corrected chi connectivity index (χ0v) is 14.2. The van der Waals surface area contributed by atoms with Crippen molar-refractivity contribution in [3.8, 4) is 0 Å². The Balaban J connectivity index is 1.67. The van der Waals surface area contributed by atoms with Gasteiger partial charge in [-0.25, -0.2) is 4.79 Å². The molecule has 1 aliphatic rings. The average molecular weight is 328 g/mol. The van der Waals surface area contributed by atoms with Gasteiger partial charge in [-0.3, -0.25) is 9.69 Å². The zero-order chi connectivity index (χ0) is 17.1. The Hall–Kier alpha value is -2.34. The molecule has 6 nitrogen and oxygen atoms in total. The van der Waals surface area contributed by atoms with Crippen molar-refractivity contribution in [2.24, 2.45) is 0 Å². The molecule has 3 N–H and O–H groups in total. The SMILES string of the molecule is CCN1CCCC1CNC(=O)Nc1c[nH]c2c(C)cccc2c1=O. The first-order valence-corrected chi connectivity index (χ1v) is 8.50. The van der Waals surface area contributed by atoms with Crippen LogP contribution in [-0.4, -0.2) is 41.6 Å². The summed E-state index contributed by atoms with van der Waals surface area (Å²) in [5, 5.41) is 6.13. The lowest BCUT2D eigenvalue weighted by Crippen LogP contribution is -2.41. The average Bonchev–Trinajstić information content (AvgIpc) is 3.04. The molecular weight excluding hydrogens is 304 g/mol. The number of carbonyl (C=O) groups is 1. The molecular formula is C18H24N4O2. The van der Waals surface area contributed by atoms with Gasteiger partial charge in [0.1, 0.15) is 5.69 Å². The highest BCUT2D eigenvalue weighted by molar-refractivity contribution is 5.92. The molecule has 1 atom stereocenters. The molecule has 3 rings (SSSR count). The van der Waals surface area contributed by atoms with E-state index in [0.717, 1.165) is 30.6 Å². The smallest absolute Gasteiger partial charge is 0.319 e. The van der Waals surface area contributed by atoms with Crippen LogP contribution in [0.5, 0.6) is 0 Å². The molecule has 1 aromatic carbocycles. The number of benzene rings is 1. The summed E-state index contributed by atoms with van der Waals surface area (Å²) in [6.45, 7) is 6.77. The molecule has 2 aromatic rings. The third kappa shape index (κ3) is 3.28. The zero-order valence-electron chi connectivity index (χ0n) is 14.2. The minimum absolute atomic E-state index is 0.168. The Morgan fingerprint density at radius 2 is 2.25 bits per heavy atom. The molecule has 1 saturated heterocycles. The summed E-state index contributed by atoms with van der Waals surface area (Å²) >= 11 is 0. The molecule has 128 valence electrons. The second-order valence-corrected chi connectivity index (χ2v) is 6.29. The molecule has 1 aliphatic heterocycles. The number of amides is 2. The number of para-hydroxylation sites is 1. The number of hydrogen-bond acceptors (Lipinski definition) is 3. The minimum atomic E-state index is -0.338. The van der Waals surface area contributed by atoms with Crippen molar-refractivity contribution in [1.29, 1.82) is 0 Å². The van der Waals surface area contributed by atoms with Gasteiger partial charge >= 0.3 is 6.03 Å². The van der Waals surface area contributed by atoms with Crippen LogP contribution in [0.15, 0.2) is 29.2 Å². The molecule has 0 radical (unpaired) electrons. The molecule has 0 bridgehead atoms. The number of pyridine rings is 1. The number of urea groups is 1. The number of fused-ring (bicyclic) bond motifs is 1. The molecule has 1 unspecified atom stereocenters. The Kier molecular flexibility index (Phi) is 4.85. The van der Waals surface area contributed by atoms with Gasteiger partial charge in [0.25, 0.3) is 0 Å². The summed E-state index contributed by atoms with van der Waals surface area (Å²) in [4.78, 5) is 30.1. The van der Waals surface area contributed by atoms with Crippen LogP contribution in [0, 0.1) is 6.92 Å². The normalized spacial score (nSPS) is 18.0. The second kappa shape index (κ2) is 7.05. The maximum atomic E-state index is 12.5. The fourth-order valence-electron chi connectivity index (χ4n) is 3.42. The van der Waals surface area contributed by atoms with Crippen molar-refractivity contribution >= 4 is 22.6 Å². The number of rotatable bonds is 4. The minimum Gasteiger partial charge on any atom is -0.359 e. The Morgan fingerprint density at radius 3 is 3.04 bits per heavy atom. The standard InChI is InChI=1S/C18H24N4O2/c1-3-22-9-5-7-13(22)10-20-18(24)21-15-11-19-16-12(2)6-4-8-14(16)17(15)23/h4,6,8,11,13H,3,5,7,9-10H2,1-2H3,(H,19,23)(H2,20,21,24). The van der Waals surface area contributed by atoms with E-state index in [2.05, 4.69) is 27.4 Å². The van der Waals surface area contributed by atoms with E-state index in [1.807, 2.05) is 19.1 Å². The number of carbonyl (C=O) groups excluding carboxylic acids is 1. The Morgan fingerprint density at radius 1 is 1.42 bits per heavy atom. The first kappa shape index (κ1) is 16.5. The van der Waals surface area contributed by atoms with E-state index in [9.17, 15) is 9.59 Å². The molecule has 0 aliphatic carbocycles. The first-order chi connectivity index (χ1) is 11.6. The molecule has 1 fully saturated rings. The number of H-pyrrole nitrogens is 1. The van der Waals surface area contributed by atoms with Gasteiger partial charge in [0.2, 0.25) is 5.43 Å². The lowest BCUT2D eigenvalue weighted by Gasteiger charge is -2.22. The summed E-state index contributed by atoms with van der Waals surface area (Å²) in [5.74, 6) is 0. The largest absolute Gasteiger partial charge is 0.359 e. The van der Waals surface area contributed by atoms with Gasteiger partial charge in [-0.1, -0.05) is 19.1 Å². The van der Waals surface area contributed by atoms with Gasteiger partial charge in [-0.05, 0) is 44.5 Å². The van der Waals surface area contributed by atoms with E-state index in [4.69, 9.17) is 0 Å². The Bertz CT molecular complexity index is 799. The number of nitrogens with one attached hydrogen (secondary N) is 3. The van der Waals surface area contributed by atoms with Crippen LogP contribution < -0.4 is 16.1 Å². The predicted octanol–water partition coefficient (Wildman–Crippen LogP) is 2.44. The fraction of sp³-hybridized carbons (Fsp3) is 0.444. The van der Waals surface area contributed by atoms with Gasteiger partial charge in [-0.15, -0.1) is 0 Å². The number of aromatic nitrogens is 1. The number of aromatic amines is 1. The first-order valence-electron chi connectivity index (χ1n) is 8.50. The quantitative estimate of drug-likeness (QED) is 0.807. The lowest BCUT2D eigenvalue weighted by atomic mass is 10.1. The van der Waals surface area contributed by atoms with Crippen molar-refractivity contribution in [3.05, 3.63) is 40.2 Å². The molecule has 24 heavy (non-hydrogen) atoms. The van der Waals surface area contributed by atoms with E-state index in [1.165, 1.54) is 6.42 Å². The van der Waals surface area contributed by atoms with Crippen molar-refractivity contribution in [2.45, 2.75) is 32.7 Å². The van der Waals surface area contributed by atoms with Gasteiger partial charge in [0, 0.05) is 24.2 Å². The van der Waals surface area contributed by atoms with Crippen LogP contribution in [0.4, 0.5) is 10.5 Å². The van der Waals surface area contributed by atoms with Gasteiger partial charge in [-0.2, -0.15) is 0 Å². The second-order valence-electron chi connectivity index (χ2n) is 6.29. The molecule has 2 amide bonds. The van der Waals surface area contributed by atoms with Gasteiger partial charge in [0.15, 0.2) is 0 Å². The van der Waals surface area contributed by atoms with Gasteiger partial charge < -0.3 is 15.6 Å². The molecule has 6 heteroatoms. The van der Waals surface area contributed by atoms with Crippen molar-refractivity contribution < 1.29 is 4.79 Å². The number of anilines is 1. The van der Waals surface area contributed by atoms with Crippen LogP contribution in [0.25, 0.3) is 10.9 Å². The van der Waals surface area contributed by atoms with E-state index in [1.54, 1.807) is 12.3 Å². The fourth-order valence-corrected chi connectivity index (χ4v) is 3.42. The van der Waals surface area contributed by atoms with Gasteiger partial charge in [0.05, 0.1) is 5.52 Å². The highest BCUT2D eigenvalue weighted by Gasteiger charge is 2.23. The predicted molar refractivity (Wildman–Crippen MR) is 96.6 cm³/mol. The van der Waals surface area contributed by atoms with Crippen LogP contribution >= 0.6 is 0 Å². The van der Waals surface area contributed by atoms with Crippen LogP contribution in [0.2, 0.25) is 0 Å². The number of likely N-dealkylation sites (tertiary alicyclic amines) is 1. The van der Waals surface area contributed by atoms with Crippen LogP contribution in [0.3, 0.4) is 0 Å². The van der Waals surface area contributed by atoms with E-state index in [0.29, 0.717) is 18.0 Å².